The predicted octanol–water partition coefficient (Wildman–Crippen LogP) is -1.61. The molecule has 0 radical (unpaired) electrons. The number of hydrogen-bond donors (Lipinski definition) is 12. The Morgan fingerprint density at radius 1 is 0.638 bits per heavy atom. The second-order valence-electron chi connectivity index (χ2n) is 11.0. The van der Waals surface area contributed by atoms with Gasteiger partial charge in [0.15, 0.2) is 11.5 Å². The van der Waals surface area contributed by atoms with Gasteiger partial charge in [0.25, 0.3) is 26.9 Å². The Kier molecular flexibility index (Phi) is 15.7. The molecule has 0 spiro atoms. The van der Waals surface area contributed by atoms with Gasteiger partial charge in [-0.3, -0.25) is 43.5 Å². The third kappa shape index (κ3) is 15.2. The number of para-hydroxylation sites is 4. The molecule has 0 fully saturated rings. The number of H-pyrrole nitrogens is 6. The number of aromatic nitrogens is 6. The molecule has 5 aromatic rings. The monoisotopic (exact) mass is 873 g/mol. The lowest BCUT2D eigenvalue weighted by molar-refractivity contribution is 0.436. The first-order valence-electron chi connectivity index (χ1n) is 16.0. The summed E-state index contributed by atoms with van der Waals surface area (Å²) in [5.41, 5.74) is 0.180. The van der Waals surface area contributed by atoms with E-state index in [1.807, 2.05) is 36.0 Å². The van der Waals surface area contributed by atoms with Crippen LogP contribution in [0.3, 0.4) is 0 Å². The number of anilines is 4. The van der Waals surface area contributed by atoms with E-state index in [0.29, 0.717) is 6.54 Å². The molecule has 0 saturated heterocycles. The second kappa shape index (κ2) is 20.2. The van der Waals surface area contributed by atoms with Crippen LogP contribution in [0.25, 0.3) is 0 Å². The zero-order valence-electron chi connectivity index (χ0n) is 29.6. The van der Waals surface area contributed by atoms with Gasteiger partial charge < -0.3 is 34.2 Å². The van der Waals surface area contributed by atoms with Crippen molar-refractivity contribution in [3.05, 3.63) is 130 Å². The molecule has 4 heterocycles. The van der Waals surface area contributed by atoms with Crippen molar-refractivity contribution in [3.8, 4) is 17.2 Å². The molecule has 13 N–H and O–H groups in total. The van der Waals surface area contributed by atoms with Crippen LogP contribution >= 0.6 is 0 Å². The first kappa shape index (κ1) is 45.3. The van der Waals surface area contributed by atoms with Crippen LogP contribution in [-0.4, -0.2) is 66.8 Å². The maximum atomic E-state index is 11.8. The summed E-state index contributed by atoms with van der Waals surface area (Å²) in [7, 11) is -11.7. The standard InChI is InChI=1S/C10H10N4O5S.C9H16N4O4S.C6H4O4S.C4H5N3O2/c15-8-4-2-1-3-6(8)13-20(18,19)14-7-5-11-10(17)12-9(7)16;1-2-3-4-5-11-18(16,17)13-7-6-10-9(15)12-8(7)14;7-11(8)9-5-3-1-2-4-6(5)10-11;5-2-1-6-4(9)7-3(2)8/h1-5,13-15H,(H2,11,12,16,17);6,11,13H,2-5H2,1H3,(H2,10,12,14,15);1-4H;1H,5H2,(H2,6,7,8,9). The third-order valence-corrected chi connectivity index (χ3v) is 9.25. The summed E-state index contributed by atoms with van der Waals surface area (Å²) in [6.45, 7) is 2.30. The van der Waals surface area contributed by atoms with Gasteiger partial charge in [0, 0.05) is 25.1 Å². The van der Waals surface area contributed by atoms with Gasteiger partial charge in [0.05, 0.1) is 5.69 Å². The van der Waals surface area contributed by atoms with Crippen molar-refractivity contribution in [2.75, 3.05) is 26.4 Å². The Morgan fingerprint density at radius 2 is 1.09 bits per heavy atom. The number of aromatic amines is 6. The number of benzene rings is 2. The van der Waals surface area contributed by atoms with Crippen LogP contribution in [0.4, 0.5) is 22.7 Å². The number of rotatable bonds is 11. The first-order chi connectivity index (χ1) is 27.2. The minimum absolute atomic E-state index is 0.00889. The van der Waals surface area contributed by atoms with Crippen LogP contribution in [0.2, 0.25) is 0 Å². The molecule has 3 aromatic heterocycles. The molecule has 1 aliphatic heterocycles. The fourth-order valence-electron chi connectivity index (χ4n) is 3.85. The number of unbranched alkanes of at least 4 members (excludes halogenated alkanes) is 2. The minimum atomic E-state index is -4.15. The highest BCUT2D eigenvalue weighted by molar-refractivity contribution is 7.94. The number of nitrogen functional groups attached to an aromatic ring is 1. The van der Waals surface area contributed by atoms with Gasteiger partial charge in [-0.05, 0) is 30.7 Å². The number of phenols is 1. The Morgan fingerprint density at radius 3 is 1.55 bits per heavy atom. The zero-order chi connectivity index (χ0) is 43.1. The summed E-state index contributed by atoms with van der Waals surface area (Å²) in [6, 6.07) is 12.1. The second-order valence-corrected chi connectivity index (χ2v) is 15.0. The summed E-state index contributed by atoms with van der Waals surface area (Å²) in [6.07, 6.45) is 5.70. The molecule has 1 aliphatic rings. The molecule has 0 bridgehead atoms. The first-order valence-corrected chi connectivity index (χ1v) is 20.3. The van der Waals surface area contributed by atoms with Crippen molar-refractivity contribution in [3.63, 3.8) is 0 Å². The van der Waals surface area contributed by atoms with E-state index < -0.39 is 64.6 Å². The minimum Gasteiger partial charge on any atom is -0.506 e. The van der Waals surface area contributed by atoms with Gasteiger partial charge in [0.2, 0.25) is 0 Å². The number of nitrogens with one attached hydrogen (secondary N) is 10. The molecule has 314 valence electrons. The number of hydrogen-bond acceptors (Lipinski definition) is 16. The van der Waals surface area contributed by atoms with Crippen molar-refractivity contribution in [2.24, 2.45) is 0 Å². The van der Waals surface area contributed by atoms with Gasteiger partial charge in [-0.2, -0.15) is 21.6 Å². The van der Waals surface area contributed by atoms with E-state index in [1.165, 1.54) is 36.4 Å². The van der Waals surface area contributed by atoms with Gasteiger partial charge >= 0.3 is 37.7 Å². The number of phenolic OH excluding ortho intramolecular Hbond substituents is 1. The highest BCUT2D eigenvalue weighted by Crippen LogP contribution is 2.34. The van der Waals surface area contributed by atoms with Crippen LogP contribution in [0.1, 0.15) is 26.2 Å². The summed E-state index contributed by atoms with van der Waals surface area (Å²) in [4.78, 5) is 77.1. The number of fused-ring (bicyclic) bond motifs is 1. The Hall–Kier alpha value is -7.11. The lowest BCUT2D eigenvalue weighted by Crippen LogP contribution is -2.34. The Labute approximate surface area is 325 Å². The SMILES string of the molecule is CCCCCNS(=O)(=O)Nc1c[nH]c(=O)[nH]c1=O.Nc1c[nH]c(=O)[nH]c1=O.O=S1(=O)Oc2ccccc2O1.O=c1[nH]cc(NS(=O)(=O)Nc2ccccc2O)c(=O)[nH]1. The third-order valence-electron chi connectivity index (χ3n) is 6.43. The fourth-order valence-corrected chi connectivity index (χ4v) is 6.48. The molecule has 0 atom stereocenters. The van der Waals surface area contributed by atoms with E-state index in [9.17, 15) is 59.1 Å². The Bertz CT molecular complexity index is 2850. The molecule has 0 unspecified atom stereocenters. The molecule has 58 heavy (non-hydrogen) atoms. The van der Waals surface area contributed by atoms with Crippen LogP contribution in [0.5, 0.6) is 17.2 Å². The lowest BCUT2D eigenvalue weighted by Gasteiger charge is -2.10. The Balaban J connectivity index is 0.000000216. The number of aromatic hydroxyl groups is 1. The normalized spacial score (nSPS) is 12.2. The summed E-state index contributed by atoms with van der Waals surface area (Å²) in [5.74, 6) is 0.216. The fraction of sp³-hybridized carbons (Fsp3) is 0.172. The average molecular weight is 874 g/mol. The highest BCUT2D eigenvalue weighted by Gasteiger charge is 2.27. The molecule has 6 rings (SSSR count). The van der Waals surface area contributed by atoms with Crippen LogP contribution in [0.15, 0.2) is 95.9 Å². The quantitative estimate of drug-likeness (QED) is 0.0524. The van der Waals surface area contributed by atoms with Gasteiger partial charge in [-0.15, -0.1) is 8.42 Å². The van der Waals surface area contributed by atoms with Crippen LogP contribution in [0, 0.1) is 0 Å². The summed E-state index contributed by atoms with van der Waals surface area (Å²) >= 11 is 0. The van der Waals surface area contributed by atoms with Crippen LogP contribution < -0.4 is 66.7 Å². The van der Waals surface area contributed by atoms with Crippen molar-refractivity contribution in [2.45, 2.75) is 26.2 Å². The summed E-state index contributed by atoms with van der Waals surface area (Å²) in [5, 5.41) is 9.46. The largest absolute Gasteiger partial charge is 0.506 e. The van der Waals surface area contributed by atoms with E-state index >= 15 is 0 Å². The van der Waals surface area contributed by atoms with Crippen LogP contribution in [-0.2, 0) is 30.8 Å². The zero-order valence-corrected chi connectivity index (χ0v) is 32.1. The lowest BCUT2D eigenvalue weighted by atomic mass is 10.3. The van der Waals surface area contributed by atoms with Crippen molar-refractivity contribution < 1.29 is 38.7 Å². The molecular formula is C29H35N11O15S3. The highest BCUT2D eigenvalue weighted by atomic mass is 32.3. The molecule has 0 amide bonds. The summed E-state index contributed by atoms with van der Waals surface area (Å²) < 4.78 is 85.1. The van der Waals surface area contributed by atoms with E-state index in [2.05, 4.69) is 28.0 Å². The van der Waals surface area contributed by atoms with Crippen molar-refractivity contribution >= 4 is 53.6 Å². The molecule has 29 heteroatoms. The van der Waals surface area contributed by atoms with Crippen molar-refractivity contribution in [1.82, 2.24) is 34.6 Å². The average Bonchev–Trinajstić information content (AvgIpc) is 3.46. The molecular weight excluding hydrogens is 839 g/mol. The molecule has 26 nitrogen and oxygen atoms in total. The smallest absolute Gasteiger partial charge is 0.501 e. The topological polar surface area (TPSA) is 412 Å². The van der Waals surface area contributed by atoms with Gasteiger partial charge in [-0.25, -0.2) is 14.4 Å². The van der Waals surface area contributed by atoms with E-state index in [4.69, 9.17) is 5.73 Å². The number of nitrogens with two attached hydrogens (primary N) is 1. The van der Waals surface area contributed by atoms with Crippen molar-refractivity contribution in [1.29, 1.82) is 0 Å². The molecule has 0 saturated carbocycles. The molecule has 0 aliphatic carbocycles. The van der Waals surface area contributed by atoms with E-state index in [0.717, 1.165) is 37.9 Å². The van der Waals surface area contributed by atoms with E-state index in [1.54, 1.807) is 12.1 Å². The van der Waals surface area contributed by atoms with Gasteiger partial charge in [-0.1, -0.05) is 44.0 Å². The van der Waals surface area contributed by atoms with Gasteiger partial charge in [0.1, 0.15) is 22.8 Å². The maximum Gasteiger partial charge on any atom is 0.501 e. The predicted molar refractivity (Wildman–Crippen MR) is 208 cm³/mol. The maximum absolute atomic E-state index is 11.8. The molecule has 2 aromatic carbocycles. The van der Waals surface area contributed by atoms with E-state index in [-0.39, 0.29) is 40.0 Å².